The zero-order valence-corrected chi connectivity index (χ0v) is 10.8. The fourth-order valence-electron chi connectivity index (χ4n) is 2.31. The first-order valence-corrected chi connectivity index (χ1v) is 6.31. The van der Waals surface area contributed by atoms with Crippen molar-refractivity contribution in [3.8, 4) is 5.75 Å². The maximum absolute atomic E-state index is 12.0. The Bertz CT molecular complexity index is 448. The summed E-state index contributed by atoms with van der Waals surface area (Å²) in [4.78, 5) is 14.0. The summed E-state index contributed by atoms with van der Waals surface area (Å²) in [5, 5.41) is 0. The fraction of sp³-hybridized carbons (Fsp3) is 0.400. The van der Waals surface area contributed by atoms with E-state index in [2.05, 4.69) is 6.58 Å². The maximum Gasteiger partial charge on any atom is 0.226 e. The molecule has 0 bridgehead atoms. The number of methoxy groups -OCH3 is 1. The van der Waals surface area contributed by atoms with Gasteiger partial charge in [0, 0.05) is 18.7 Å². The lowest BCUT2D eigenvalue weighted by Crippen LogP contribution is -2.29. The van der Waals surface area contributed by atoms with Crippen LogP contribution in [0.25, 0.3) is 6.08 Å². The molecule has 0 radical (unpaired) electrons. The highest BCUT2D eigenvalue weighted by molar-refractivity contribution is 5.79. The van der Waals surface area contributed by atoms with Gasteiger partial charge in [-0.25, -0.2) is 0 Å². The minimum atomic E-state index is 0.215. The van der Waals surface area contributed by atoms with Crippen LogP contribution in [-0.2, 0) is 11.2 Å². The number of hydrogen-bond donors (Lipinski definition) is 0. The topological polar surface area (TPSA) is 29.5 Å². The highest BCUT2D eigenvalue weighted by Crippen LogP contribution is 2.21. The molecule has 0 atom stereocenters. The highest BCUT2D eigenvalue weighted by atomic mass is 16.5. The van der Waals surface area contributed by atoms with Crippen molar-refractivity contribution in [1.29, 1.82) is 0 Å². The van der Waals surface area contributed by atoms with Gasteiger partial charge in [-0.1, -0.05) is 18.7 Å². The van der Waals surface area contributed by atoms with E-state index in [0.717, 1.165) is 42.8 Å². The molecule has 18 heavy (non-hydrogen) atoms. The van der Waals surface area contributed by atoms with E-state index in [0.29, 0.717) is 6.42 Å². The van der Waals surface area contributed by atoms with E-state index in [1.165, 1.54) is 0 Å². The van der Waals surface area contributed by atoms with Crippen molar-refractivity contribution in [2.75, 3.05) is 20.2 Å². The van der Waals surface area contributed by atoms with Crippen LogP contribution >= 0.6 is 0 Å². The largest absolute Gasteiger partial charge is 0.496 e. The molecule has 1 aromatic carbocycles. The second-order valence-electron chi connectivity index (χ2n) is 4.55. The highest BCUT2D eigenvalue weighted by Gasteiger charge is 2.18. The molecule has 1 aliphatic heterocycles. The third kappa shape index (κ3) is 2.73. The molecule has 1 heterocycles. The first-order valence-electron chi connectivity index (χ1n) is 6.31. The Hall–Kier alpha value is -1.77. The summed E-state index contributed by atoms with van der Waals surface area (Å²) in [6, 6.07) is 5.81. The van der Waals surface area contributed by atoms with Crippen LogP contribution in [0, 0.1) is 0 Å². The first kappa shape index (κ1) is 12.7. The number of nitrogens with zero attached hydrogens (tertiary/aromatic N) is 1. The predicted molar refractivity (Wildman–Crippen MR) is 72.6 cm³/mol. The first-order chi connectivity index (χ1) is 8.74. The van der Waals surface area contributed by atoms with Crippen molar-refractivity contribution in [2.24, 2.45) is 0 Å². The minimum absolute atomic E-state index is 0.215. The lowest BCUT2D eigenvalue weighted by atomic mass is 10.1. The molecular weight excluding hydrogens is 226 g/mol. The number of ether oxygens (including phenoxy) is 1. The van der Waals surface area contributed by atoms with Crippen LogP contribution in [0.1, 0.15) is 24.0 Å². The molecule has 0 spiro atoms. The molecule has 0 aromatic heterocycles. The average molecular weight is 245 g/mol. The van der Waals surface area contributed by atoms with Crippen molar-refractivity contribution in [2.45, 2.75) is 19.3 Å². The molecule has 0 N–H and O–H groups in total. The van der Waals surface area contributed by atoms with Gasteiger partial charge in [0.05, 0.1) is 13.5 Å². The minimum Gasteiger partial charge on any atom is -0.496 e. The van der Waals surface area contributed by atoms with Crippen LogP contribution in [0.5, 0.6) is 5.75 Å². The van der Waals surface area contributed by atoms with E-state index >= 15 is 0 Å². The van der Waals surface area contributed by atoms with Gasteiger partial charge in [0.25, 0.3) is 0 Å². The predicted octanol–water partition coefficient (Wildman–Crippen LogP) is 2.50. The van der Waals surface area contributed by atoms with Crippen LogP contribution in [0.2, 0.25) is 0 Å². The smallest absolute Gasteiger partial charge is 0.226 e. The fourth-order valence-corrected chi connectivity index (χ4v) is 2.31. The number of carbonyl (C=O) groups excluding carboxylic acids is 1. The lowest BCUT2D eigenvalue weighted by Gasteiger charge is -2.15. The number of rotatable bonds is 4. The third-order valence-electron chi connectivity index (χ3n) is 3.33. The zero-order valence-electron chi connectivity index (χ0n) is 10.8. The SMILES string of the molecule is C=Cc1cc(CC(=O)N2CCCC2)ccc1OC. The molecule has 3 heteroatoms. The van der Waals surface area contributed by atoms with Crippen LogP contribution in [0.3, 0.4) is 0 Å². The summed E-state index contributed by atoms with van der Waals surface area (Å²) >= 11 is 0. The summed E-state index contributed by atoms with van der Waals surface area (Å²) in [6.07, 6.45) is 4.48. The van der Waals surface area contributed by atoms with Crippen molar-refractivity contribution >= 4 is 12.0 Å². The van der Waals surface area contributed by atoms with E-state index < -0.39 is 0 Å². The van der Waals surface area contributed by atoms with Gasteiger partial charge in [-0.15, -0.1) is 0 Å². The quantitative estimate of drug-likeness (QED) is 0.815. The van der Waals surface area contributed by atoms with Crippen LogP contribution in [0.4, 0.5) is 0 Å². The number of likely N-dealkylation sites (tertiary alicyclic amines) is 1. The molecule has 1 aromatic rings. The zero-order chi connectivity index (χ0) is 13.0. The number of hydrogen-bond acceptors (Lipinski definition) is 2. The second kappa shape index (κ2) is 5.71. The van der Waals surface area contributed by atoms with Gasteiger partial charge >= 0.3 is 0 Å². The van der Waals surface area contributed by atoms with Gasteiger partial charge in [0.1, 0.15) is 5.75 Å². The van der Waals surface area contributed by atoms with Crippen molar-refractivity contribution < 1.29 is 9.53 Å². The van der Waals surface area contributed by atoms with E-state index in [4.69, 9.17) is 4.74 Å². The van der Waals surface area contributed by atoms with Gasteiger partial charge in [-0.3, -0.25) is 4.79 Å². The molecule has 0 saturated carbocycles. The summed E-state index contributed by atoms with van der Waals surface area (Å²) in [5.41, 5.74) is 1.95. The lowest BCUT2D eigenvalue weighted by molar-refractivity contribution is -0.129. The number of benzene rings is 1. The monoisotopic (exact) mass is 245 g/mol. The second-order valence-corrected chi connectivity index (χ2v) is 4.55. The van der Waals surface area contributed by atoms with Crippen molar-refractivity contribution in [1.82, 2.24) is 4.90 Å². The van der Waals surface area contributed by atoms with Crippen LogP contribution in [-0.4, -0.2) is 31.0 Å². The summed E-state index contributed by atoms with van der Waals surface area (Å²) < 4.78 is 5.23. The number of amides is 1. The molecule has 3 nitrogen and oxygen atoms in total. The van der Waals surface area contributed by atoms with E-state index in [1.54, 1.807) is 13.2 Å². The maximum atomic E-state index is 12.0. The summed E-state index contributed by atoms with van der Waals surface area (Å²) in [5.74, 6) is 1.01. The van der Waals surface area contributed by atoms with Crippen LogP contribution < -0.4 is 4.74 Å². The molecule has 1 saturated heterocycles. The Morgan fingerprint density at radius 3 is 2.78 bits per heavy atom. The molecule has 2 rings (SSSR count). The molecular formula is C15H19NO2. The molecule has 96 valence electrons. The molecule has 1 fully saturated rings. The standard InChI is InChI=1S/C15H19NO2/c1-3-13-10-12(6-7-14(13)18-2)11-15(17)16-8-4-5-9-16/h3,6-7,10H,1,4-5,8-9,11H2,2H3. The summed E-state index contributed by atoms with van der Waals surface area (Å²) in [7, 11) is 1.64. The Morgan fingerprint density at radius 1 is 1.44 bits per heavy atom. The Kier molecular flexibility index (Phi) is 4.03. The van der Waals surface area contributed by atoms with Gasteiger partial charge in [0.2, 0.25) is 5.91 Å². The van der Waals surface area contributed by atoms with Gasteiger partial charge in [-0.2, -0.15) is 0 Å². The average Bonchev–Trinajstić information content (AvgIpc) is 2.92. The van der Waals surface area contributed by atoms with Crippen LogP contribution in [0.15, 0.2) is 24.8 Å². The Labute approximate surface area is 108 Å². The number of carbonyl (C=O) groups is 1. The molecule has 1 amide bonds. The Morgan fingerprint density at radius 2 is 2.17 bits per heavy atom. The summed E-state index contributed by atoms with van der Waals surface area (Å²) in [6.45, 7) is 5.57. The van der Waals surface area contributed by atoms with E-state index in [1.807, 2.05) is 23.1 Å². The Balaban J connectivity index is 2.09. The molecule has 0 unspecified atom stereocenters. The normalized spacial score (nSPS) is 14.6. The molecule has 0 aliphatic carbocycles. The van der Waals surface area contributed by atoms with E-state index in [-0.39, 0.29) is 5.91 Å². The van der Waals surface area contributed by atoms with E-state index in [9.17, 15) is 4.79 Å². The van der Waals surface area contributed by atoms with Crippen molar-refractivity contribution in [3.05, 3.63) is 35.9 Å². The third-order valence-corrected chi connectivity index (χ3v) is 3.33. The van der Waals surface area contributed by atoms with Gasteiger partial charge < -0.3 is 9.64 Å². The van der Waals surface area contributed by atoms with Crippen molar-refractivity contribution in [3.63, 3.8) is 0 Å². The molecule has 1 aliphatic rings. The van der Waals surface area contributed by atoms with Gasteiger partial charge in [-0.05, 0) is 30.5 Å². The van der Waals surface area contributed by atoms with Gasteiger partial charge in [0.15, 0.2) is 0 Å².